The third-order valence-electron chi connectivity index (χ3n) is 5.05. The maximum Gasteiger partial charge on any atom is 0.422 e. The number of ether oxygens (including phenoxy) is 1. The lowest BCUT2D eigenvalue weighted by Crippen LogP contribution is -2.56. The van der Waals surface area contributed by atoms with E-state index in [0.717, 1.165) is 25.7 Å². The predicted octanol–water partition coefficient (Wildman–Crippen LogP) is 2.93. The van der Waals surface area contributed by atoms with Gasteiger partial charge < -0.3 is 15.4 Å². The largest absolute Gasteiger partial charge is 0.484 e. The van der Waals surface area contributed by atoms with Crippen molar-refractivity contribution in [2.24, 2.45) is 5.92 Å². The molecular weight excluding hydrogens is 375 g/mol. The zero-order valence-electron chi connectivity index (χ0n) is 15.9. The van der Waals surface area contributed by atoms with Crippen molar-refractivity contribution in [2.45, 2.75) is 56.7 Å². The van der Waals surface area contributed by atoms with Crippen molar-refractivity contribution < 1.29 is 27.5 Å². The van der Waals surface area contributed by atoms with Crippen molar-refractivity contribution in [3.05, 3.63) is 23.5 Å². The molecule has 1 aromatic rings. The minimum Gasteiger partial charge on any atom is -0.484 e. The van der Waals surface area contributed by atoms with Crippen LogP contribution in [0.1, 0.15) is 61.0 Å². The highest BCUT2D eigenvalue weighted by atomic mass is 19.4. The van der Waals surface area contributed by atoms with Gasteiger partial charge in [0.15, 0.2) is 6.61 Å². The maximum atomic E-state index is 12.7. The molecule has 1 atom stereocenters. The van der Waals surface area contributed by atoms with Gasteiger partial charge in [-0.25, -0.2) is 0 Å². The van der Waals surface area contributed by atoms with Crippen molar-refractivity contribution in [3.63, 3.8) is 0 Å². The molecule has 154 valence electrons. The van der Waals surface area contributed by atoms with Gasteiger partial charge in [-0.3, -0.25) is 14.6 Å². The lowest BCUT2D eigenvalue weighted by molar-refractivity contribution is -0.153. The fourth-order valence-corrected chi connectivity index (χ4v) is 3.25. The Kier molecular flexibility index (Phi) is 5.54. The van der Waals surface area contributed by atoms with Gasteiger partial charge in [-0.2, -0.15) is 13.2 Å². The molecule has 1 unspecified atom stereocenters. The van der Waals surface area contributed by atoms with Gasteiger partial charge in [-0.15, -0.1) is 0 Å². The quantitative estimate of drug-likeness (QED) is 0.704. The standard InChI is InChI=1S/C19H24F3N3O3/c1-18(17(27)23-2,8-11-3-4-11)25-16(26)14-7-15(28-10-19(20,21)22)13(9-24-14)12-5-6-12/h7,9,11-12H,3-6,8,10H2,1-2H3,(H,23,27)(H,25,26). The molecule has 0 spiro atoms. The van der Waals surface area contributed by atoms with Gasteiger partial charge in [0.2, 0.25) is 5.91 Å². The molecule has 0 radical (unpaired) electrons. The fraction of sp³-hybridized carbons (Fsp3) is 0.632. The van der Waals surface area contributed by atoms with Crippen LogP contribution in [-0.4, -0.2) is 42.2 Å². The minimum atomic E-state index is -4.48. The molecule has 9 heteroatoms. The Morgan fingerprint density at radius 3 is 2.46 bits per heavy atom. The summed E-state index contributed by atoms with van der Waals surface area (Å²) in [7, 11) is 1.49. The van der Waals surface area contributed by atoms with Crippen LogP contribution in [0, 0.1) is 5.92 Å². The Hall–Kier alpha value is -2.32. The number of rotatable bonds is 8. The highest BCUT2D eigenvalue weighted by Gasteiger charge is 2.40. The number of pyridine rings is 1. The molecule has 1 heterocycles. The molecule has 2 aliphatic rings. The normalized spacial score (nSPS) is 18.9. The molecule has 0 saturated heterocycles. The van der Waals surface area contributed by atoms with Crippen LogP contribution in [0.2, 0.25) is 0 Å². The number of nitrogens with zero attached hydrogens (tertiary/aromatic N) is 1. The minimum absolute atomic E-state index is 0.0174. The number of alkyl halides is 3. The van der Waals surface area contributed by atoms with Gasteiger partial charge in [0.1, 0.15) is 17.0 Å². The smallest absolute Gasteiger partial charge is 0.422 e. The van der Waals surface area contributed by atoms with Crippen LogP contribution < -0.4 is 15.4 Å². The van der Waals surface area contributed by atoms with E-state index in [9.17, 15) is 22.8 Å². The summed E-state index contributed by atoms with van der Waals surface area (Å²) in [4.78, 5) is 29.1. The summed E-state index contributed by atoms with van der Waals surface area (Å²) in [5.74, 6) is -0.442. The summed E-state index contributed by atoms with van der Waals surface area (Å²) >= 11 is 0. The van der Waals surface area contributed by atoms with Crippen molar-refractivity contribution in [1.29, 1.82) is 0 Å². The molecule has 2 amide bonds. The Bertz CT molecular complexity index is 761. The second-order valence-corrected chi connectivity index (χ2v) is 7.80. The van der Waals surface area contributed by atoms with Crippen LogP contribution in [0.15, 0.2) is 12.3 Å². The van der Waals surface area contributed by atoms with E-state index in [1.165, 1.54) is 19.3 Å². The monoisotopic (exact) mass is 399 g/mol. The number of carbonyl (C=O) groups excluding carboxylic acids is 2. The number of hydrogen-bond acceptors (Lipinski definition) is 4. The maximum absolute atomic E-state index is 12.7. The van der Waals surface area contributed by atoms with Crippen molar-refractivity contribution in [1.82, 2.24) is 15.6 Å². The van der Waals surface area contributed by atoms with Crippen LogP contribution >= 0.6 is 0 Å². The summed E-state index contributed by atoms with van der Waals surface area (Å²) in [6.45, 7) is 0.205. The molecule has 2 aliphatic carbocycles. The number of amides is 2. The van der Waals surface area contributed by atoms with Crippen LogP contribution in [0.4, 0.5) is 13.2 Å². The van der Waals surface area contributed by atoms with E-state index >= 15 is 0 Å². The lowest BCUT2D eigenvalue weighted by atomic mass is 9.93. The van der Waals surface area contributed by atoms with Gasteiger partial charge in [-0.1, -0.05) is 12.8 Å². The molecule has 2 saturated carbocycles. The van der Waals surface area contributed by atoms with E-state index in [2.05, 4.69) is 15.6 Å². The SMILES string of the molecule is CNC(=O)C(C)(CC1CC1)NC(=O)c1cc(OCC(F)(F)F)c(C2CC2)cn1. The van der Waals surface area contributed by atoms with E-state index in [1.807, 2.05) is 0 Å². The molecule has 0 aliphatic heterocycles. The summed E-state index contributed by atoms with van der Waals surface area (Å²) in [6, 6.07) is 1.23. The second kappa shape index (κ2) is 7.60. The summed E-state index contributed by atoms with van der Waals surface area (Å²) in [5.41, 5.74) is -0.614. The van der Waals surface area contributed by atoms with Crippen molar-refractivity contribution in [3.8, 4) is 5.75 Å². The number of halogens is 3. The summed E-state index contributed by atoms with van der Waals surface area (Å²) in [5, 5.41) is 5.26. The van der Waals surface area contributed by atoms with Crippen LogP contribution in [0.25, 0.3) is 0 Å². The van der Waals surface area contributed by atoms with Gasteiger partial charge in [-0.05, 0) is 38.0 Å². The van der Waals surface area contributed by atoms with Gasteiger partial charge in [0.05, 0.1) is 0 Å². The summed E-state index contributed by atoms with van der Waals surface area (Å²) < 4.78 is 42.6. The van der Waals surface area contributed by atoms with Crippen molar-refractivity contribution in [2.75, 3.05) is 13.7 Å². The molecule has 0 bridgehead atoms. The molecule has 1 aromatic heterocycles. The number of hydrogen-bond donors (Lipinski definition) is 2. The lowest BCUT2D eigenvalue weighted by Gasteiger charge is -2.29. The van der Waals surface area contributed by atoms with E-state index in [-0.39, 0.29) is 23.3 Å². The predicted molar refractivity (Wildman–Crippen MR) is 95.0 cm³/mol. The molecular formula is C19H24F3N3O3. The summed E-state index contributed by atoms with van der Waals surface area (Å²) in [6.07, 6.45) is 1.14. The Labute approximate surface area is 161 Å². The van der Waals surface area contributed by atoms with Crippen LogP contribution in [0.3, 0.4) is 0 Å². The number of aromatic nitrogens is 1. The Morgan fingerprint density at radius 1 is 1.25 bits per heavy atom. The molecule has 6 nitrogen and oxygen atoms in total. The van der Waals surface area contributed by atoms with Crippen LogP contribution in [0.5, 0.6) is 5.75 Å². The van der Waals surface area contributed by atoms with E-state index in [0.29, 0.717) is 17.9 Å². The molecule has 28 heavy (non-hydrogen) atoms. The molecule has 0 aromatic carbocycles. The Morgan fingerprint density at radius 2 is 1.93 bits per heavy atom. The first kappa shape index (κ1) is 20.4. The van der Waals surface area contributed by atoms with E-state index < -0.39 is 24.2 Å². The van der Waals surface area contributed by atoms with Gasteiger partial charge in [0.25, 0.3) is 5.91 Å². The third kappa shape index (κ3) is 5.14. The third-order valence-corrected chi connectivity index (χ3v) is 5.05. The fourth-order valence-electron chi connectivity index (χ4n) is 3.25. The van der Waals surface area contributed by atoms with Crippen LogP contribution in [-0.2, 0) is 4.79 Å². The zero-order chi connectivity index (χ0) is 20.5. The van der Waals surface area contributed by atoms with Gasteiger partial charge >= 0.3 is 6.18 Å². The topological polar surface area (TPSA) is 80.3 Å². The average molecular weight is 399 g/mol. The number of likely N-dealkylation sites (N-methyl/N-ethyl adjacent to an activating group) is 1. The van der Waals surface area contributed by atoms with Crippen molar-refractivity contribution >= 4 is 11.8 Å². The first-order valence-electron chi connectivity index (χ1n) is 9.35. The number of nitrogens with one attached hydrogen (secondary N) is 2. The highest BCUT2D eigenvalue weighted by molar-refractivity contribution is 5.98. The molecule has 2 N–H and O–H groups in total. The van der Waals surface area contributed by atoms with E-state index in [4.69, 9.17) is 4.74 Å². The zero-order valence-corrected chi connectivity index (χ0v) is 15.9. The average Bonchev–Trinajstić information content (AvgIpc) is 3.52. The first-order chi connectivity index (χ1) is 13.1. The number of carbonyl (C=O) groups is 2. The highest BCUT2D eigenvalue weighted by Crippen LogP contribution is 2.44. The second-order valence-electron chi connectivity index (χ2n) is 7.80. The molecule has 3 rings (SSSR count). The van der Waals surface area contributed by atoms with Gasteiger partial charge in [0, 0.05) is 24.9 Å². The Balaban J connectivity index is 1.79. The first-order valence-corrected chi connectivity index (χ1v) is 9.35. The van der Waals surface area contributed by atoms with E-state index in [1.54, 1.807) is 6.92 Å². The molecule has 2 fully saturated rings.